The van der Waals surface area contributed by atoms with E-state index in [0.29, 0.717) is 12.6 Å². The maximum atomic E-state index is 12.8. The molecular weight excluding hydrogens is 334 g/mol. The van der Waals surface area contributed by atoms with Gasteiger partial charge in [-0.2, -0.15) is 0 Å². The molecule has 1 saturated heterocycles. The summed E-state index contributed by atoms with van der Waals surface area (Å²) in [6.45, 7) is 3.40. The third-order valence-electron chi connectivity index (χ3n) is 4.34. The van der Waals surface area contributed by atoms with Crippen molar-refractivity contribution in [2.75, 3.05) is 19.3 Å². The Balaban J connectivity index is 1.64. The molecular formula is C19H23N3O2S. The van der Waals surface area contributed by atoms with Gasteiger partial charge in [0.25, 0.3) is 5.91 Å². The lowest BCUT2D eigenvalue weighted by Gasteiger charge is -2.32. The van der Waals surface area contributed by atoms with Gasteiger partial charge in [-0.05, 0) is 49.3 Å². The second kappa shape index (κ2) is 8.34. The molecule has 1 unspecified atom stereocenters. The third kappa shape index (κ3) is 4.51. The Labute approximate surface area is 152 Å². The Morgan fingerprint density at radius 1 is 1.36 bits per heavy atom. The van der Waals surface area contributed by atoms with Crippen LogP contribution in [-0.2, 0) is 6.42 Å². The molecule has 1 aliphatic heterocycles. The molecule has 1 fully saturated rings. The van der Waals surface area contributed by atoms with Crippen molar-refractivity contribution in [3.05, 3.63) is 47.8 Å². The van der Waals surface area contributed by atoms with Crippen LogP contribution in [0.15, 0.2) is 41.6 Å². The number of hydrogen-bond donors (Lipinski definition) is 0. The minimum Gasteiger partial charge on any atom is -0.458 e. The van der Waals surface area contributed by atoms with Crippen LogP contribution < -0.4 is 4.74 Å². The number of nitrogens with zero attached hydrogens (tertiary/aromatic N) is 3. The van der Waals surface area contributed by atoms with E-state index in [-0.39, 0.29) is 12.0 Å². The molecule has 5 nitrogen and oxygen atoms in total. The Morgan fingerprint density at radius 3 is 2.88 bits per heavy atom. The van der Waals surface area contributed by atoms with Crippen molar-refractivity contribution in [1.29, 1.82) is 0 Å². The molecule has 0 N–H and O–H groups in total. The molecule has 25 heavy (non-hydrogen) atoms. The number of carbonyl (C=O) groups is 1. The average Bonchev–Trinajstić information content (AvgIpc) is 2.68. The lowest BCUT2D eigenvalue weighted by molar-refractivity contribution is 0.0515. The van der Waals surface area contributed by atoms with Crippen LogP contribution in [0.3, 0.4) is 0 Å². The van der Waals surface area contributed by atoms with E-state index in [1.807, 2.05) is 35.4 Å². The number of carbonyl (C=O) groups excluding carboxylic acids is 1. The van der Waals surface area contributed by atoms with E-state index in [4.69, 9.17) is 4.74 Å². The fourth-order valence-electron chi connectivity index (χ4n) is 2.89. The first-order chi connectivity index (χ1) is 12.2. The molecule has 1 aromatic carbocycles. The Kier molecular flexibility index (Phi) is 5.91. The summed E-state index contributed by atoms with van der Waals surface area (Å²) in [6, 6.07) is 8.16. The number of aryl methyl sites for hydroxylation is 1. The van der Waals surface area contributed by atoms with Crippen LogP contribution in [0.2, 0.25) is 0 Å². The van der Waals surface area contributed by atoms with Crippen molar-refractivity contribution in [2.45, 2.75) is 37.2 Å². The van der Waals surface area contributed by atoms with E-state index in [9.17, 15) is 4.79 Å². The number of aromatic nitrogens is 2. The average molecular weight is 357 g/mol. The quantitative estimate of drug-likeness (QED) is 0.767. The van der Waals surface area contributed by atoms with Gasteiger partial charge in [-0.3, -0.25) is 4.79 Å². The summed E-state index contributed by atoms with van der Waals surface area (Å²) in [4.78, 5) is 24.3. The number of piperidine rings is 1. The van der Waals surface area contributed by atoms with Crippen molar-refractivity contribution in [1.82, 2.24) is 14.9 Å². The van der Waals surface area contributed by atoms with E-state index in [1.165, 1.54) is 0 Å². The molecule has 1 atom stereocenters. The van der Waals surface area contributed by atoms with Crippen LogP contribution in [0.4, 0.5) is 0 Å². The number of ether oxygens (including phenoxy) is 1. The van der Waals surface area contributed by atoms with Gasteiger partial charge in [0.15, 0.2) is 0 Å². The first kappa shape index (κ1) is 17.7. The molecule has 0 saturated carbocycles. The smallest absolute Gasteiger partial charge is 0.316 e. The van der Waals surface area contributed by atoms with Crippen LogP contribution in [0, 0.1) is 0 Å². The highest BCUT2D eigenvalue weighted by Crippen LogP contribution is 2.20. The summed E-state index contributed by atoms with van der Waals surface area (Å²) in [6.07, 6.45) is 8.27. The highest BCUT2D eigenvalue weighted by atomic mass is 32.2. The molecule has 6 heteroatoms. The van der Waals surface area contributed by atoms with Crippen LogP contribution in [0.5, 0.6) is 6.01 Å². The van der Waals surface area contributed by atoms with Crippen LogP contribution in [0.1, 0.15) is 35.7 Å². The zero-order chi connectivity index (χ0) is 17.6. The molecule has 132 valence electrons. The standard InChI is InChI=1S/C19H23N3O2S/c1-3-14-11-20-19(21-12-14)24-16-7-5-9-22(13-16)18(23)15-6-4-8-17(10-15)25-2/h4,6,8,10-12,16H,3,5,7,9,13H2,1-2H3. The Morgan fingerprint density at radius 2 is 2.16 bits per heavy atom. The molecule has 1 aromatic heterocycles. The SMILES string of the molecule is CCc1cnc(OC2CCCN(C(=O)c3cccc(SC)c3)C2)nc1. The minimum absolute atomic E-state index is 0.0612. The van der Waals surface area contributed by atoms with Gasteiger partial charge in [0.2, 0.25) is 0 Å². The van der Waals surface area contributed by atoms with Crippen molar-refractivity contribution >= 4 is 17.7 Å². The zero-order valence-corrected chi connectivity index (χ0v) is 15.5. The number of likely N-dealkylation sites (tertiary alicyclic amines) is 1. The van der Waals surface area contributed by atoms with Gasteiger partial charge >= 0.3 is 6.01 Å². The monoisotopic (exact) mass is 357 g/mol. The minimum atomic E-state index is -0.0612. The van der Waals surface area contributed by atoms with Crippen molar-refractivity contribution in [3.63, 3.8) is 0 Å². The van der Waals surface area contributed by atoms with Crippen molar-refractivity contribution in [2.24, 2.45) is 0 Å². The van der Waals surface area contributed by atoms with Crippen LogP contribution in [0.25, 0.3) is 0 Å². The van der Waals surface area contributed by atoms with E-state index < -0.39 is 0 Å². The maximum absolute atomic E-state index is 12.8. The third-order valence-corrected chi connectivity index (χ3v) is 5.07. The van der Waals surface area contributed by atoms with Gasteiger partial charge in [0.1, 0.15) is 6.10 Å². The normalized spacial score (nSPS) is 17.4. The molecule has 0 bridgehead atoms. The Hall–Kier alpha value is -2.08. The summed E-state index contributed by atoms with van der Waals surface area (Å²) in [5.41, 5.74) is 1.82. The summed E-state index contributed by atoms with van der Waals surface area (Å²) in [5.74, 6) is 0.0615. The van der Waals surface area contributed by atoms with E-state index in [2.05, 4.69) is 16.9 Å². The summed E-state index contributed by atoms with van der Waals surface area (Å²) >= 11 is 1.64. The van der Waals surface area contributed by atoms with E-state index >= 15 is 0 Å². The van der Waals surface area contributed by atoms with Gasteiger partial charge in [-0.15, -0.1) is 11.8 Å². The summed E-state index contributed by atoms with van der Waals surface area (Å²) in [7, 11) is 0. The van der Waals surface area contributed by atoms with Crippen LogP contribution in [-0.4, -0.2) is 46.2 Å². The molecule has 3 rings (SSSR count). The number of amides is 1. The van der Waals surface area contributed by atoms with Crippen molar-refractivity contribution in [3.8, 4) is 6.01 Å². The van der Waals surface area contributed by atoms with Gasteiger partial charge in [-0.1, -0.05) is 13.0 Å². The molecule has 0 spiro atoms. The Bertz CT molecular complexity index is 721. The van der Waals surface area contributed by atoms with Gasteiger partial charge in [0, 0.05) is 29.4 Å². The zero-order valence-electron chi connectivity index (χ0n) is 14.6. The number of benzene rings is 1. The summed E-state index contributed by atoms with van der Waals surface area (Å²) in [5, 5.41) is 0. The molecule has 1 aliphatic rings. The molecule has 2 heterocycles. The maximum Gasteiger partial charge on any atom is 0.316 e. The predicted molar refractivity (Wildman–Crippen MR) is 99.2 cm³/mol. The second-order valence-corrected chi connectivity index (χ2v) is 6.97. The van der Waals surface area contributed by atoms with E-state index in [1.54, 1.807) is 24.2 Å². The number of rotatable bonds is 5. The first-order valence-electron chi connectivity index (χ1n) is 8.60. The van der Waals surface area contributed by atoms with Gasteiger partial charge in [-0.25, -0.2) is 9.97 Å². The highest BCUT2D eigenvalue weighted by Gasteiger charge is 2.26. The number of thioether (sulfide) groups is 1. The van der Waals surface area contributed by atoms with E-state index in [0.717, 1.165) is 41.8 Å². The second-order valence-electron chi connectivity index (χ2n) is 6.09. The van der Waals surface area contributed by atoms with Gasteiger partial charge in [0.05, 0.1) is 6.54 Å². The lowest BCUT2D eigenvalue weighted by Crippen LogP contribution is -2.44. The van der Waals surface area contributed by atoms with Crippen LogP contribution >= 0.6 is 11.8 Å². The lowest BCUT2D eigenvalue weighted by atomic mass is 10.1. The fraction of sp³-hybridized carbons (Fsp3) is 0.421. The van der Waals surface area contributed by atoms with Crippen molar-refractivity contribution < 1.29 is 9.53 Å². The largest absolute Gasteiger partial charge is 0.458 e. The summed E-state index contributed by atoms with van der Waals surface area (Å²) < 4.78 is 5.90. The number of hydrogen-bond acceptors (Lipinski definition) is 5. The fourth-order valence-corrected chi connectivity index (χ4v) is 3.35. The molecule has 0 radical (unpaired) electrons. The molecule has 1 amide bonds. The first-order valence-corrected chi connectivity index (χ1v) is 9.83. The molecule has 0 aliphatic carbocycles. The predicted octanol–water partition coefficient (Wildman–Crippen LogP) is 3.44. The van der Waals surface area contributed by atoms with Gasteiger partial charge < -0.3 is 9.64 Å². The highest BCUT2D eigenvalue weighted by molar-refractivity contribution is 7.98. The molecule has 2 aromatic rings. The topological polar surface area (TPSA) is 55.3 Å².